The van der Waals surface area contributed by atoms with Gasteiger partial charge in [-0.15, -0.1) is 0 Å². The van der Waals surface area contributed by atoms with E-state index in [-0.39, 0.29) is 24.7 Å². The number of carbonyl (C=O) groups is 1. The third-order valence-electron chi connectivity index (χ3n) is 4.58. The van der Waals surface area contributed by atoms with E-state index in [1.54, 1.807) is 7.11 Å². The minimum Gasteiger partial charge on any atom is -0.396 e. The van der Waals surface area contributed by atoms with E-state index in [1.807, 2.05) is 0 Å². The summed E-state index contributed by atoms with van der Waals surface area (Å²) in [6.07, 6.45) is 5.51. The van der Waals surface area contributed by atoms with Gasteiger partial charge in [0, 0.05) is 26.8 Å². The van der Waals surface area contributed by atoms with Crippen molar-refractivity contribution in [3.8, 4) is 0 Å². The molecule has 0 aromatic heterocycles. The third kappa shape index (κ3) is 3.91. The lowest BCUT2D eigenvalue weighted by Crippen LogP contribution is -2.43. The van der Waals surface area contributed by atoms with Crippen molar-refractivity contribution in [3.63, 3.8) is 0 Å². The highest BCUT2D eigenvalue weighted by Gasteiger charge is 2.30. The average Bonchev–Trinajstić information content (AvgIpc) is 2.94. The molecule has 1 saturated carbocycles. The van der Waals surface area contributed by atoms with Crippen LogP contribution in [0.5, 0.6) is 0 Å². The smallest absolute Gasteiger partial charge is 0.237 e. The fourth-order valence-electron chi connectivity index (χ4n) is 3.23. The number of carbonyl (C=O) groups excluding carboxylic acids is 1. The zero-order valence-corrected chi connectivity index (χ0v) is 11.7. The van der Waals surface area contributed by atoms with Crippen molar-refractivity contribution >= 4 is 5.91 Å². The number of amides is 1. The molecule has 2 aliphatic rings. The van der Waals surface area contributed by atoms with Gasteiger partial charge in [-0.1, -0.05) is 12.8 Å². The van der Waals surface area contributed by atoms with Crippen LogP contribution in [0, 0.1) is 11.8 Å². The molecule has 0 aromatic carbocycles. The van der Waals surface area contributed by atoms with Gasteiger partial charge >= 0.3 is 0 Å². The molecule has 2 fully saturated rings. The Kier molecular flexibility index (Phi) is 5.60. The van der Waals surface area contributed by atoms with E-state index in [0.717, 1.165) is 25.8 Å². The predicted octanol–water partition coefficient (Wildman–Crippen LogP) is 0.278. The molecule has 19 heavy (non-hydrogen) atoms. The quantitative estimate of drug-likeness (QED) is 0.671. The molecule has 1 aliphatic heterocycles. The molecule has 1 amide bonds. The molecule has 4 unspecified atom stereocenters. The van der Waals surface area contributed by atoms with Crippen molar-refractivity contribution in [2.75, 3.05) is 26.8 Å². The highest BCUT2D eigenvalue weighted by molar-refractivity contribution is 5.82. The fourth-order valence-corrected chi connectivity index (χ4v) is 3.23. The molecular weight excluding hydrogens is 244 g/mol. The van der Waals surface area contributed by atoms with E-state index in [2.05, 4.69) is 10.6 Å². The summed E-state index contributed by atoms with van der Waals surface area (Å²) in [5.74, 6) is 0.862. The summed E-state index contributed by atoms with van der Waals surface area (Å²) in [7, 11) is 1.68. The number of hydrogen-bond donors (Lipinski definition) is 3. The summed E-state index contributed by atoms with van der Waals surface area (Å²) >= 11 is 0. The van der Waals surface area contributed by atoms with Crippen molar-refractivity contribution in [2.45, 2.75) is 44.2 Å². The van der Waals surface area contributed by atoms with Gasteiger partial charge in [0.15, 0.2) is 0 Å². The van der Waals surface area contributed by atoms with Gasteiger partial charge in [0.25, 0.3) is 0 Å². The Morgan fingerprint density at radius 2 is 2.11 bits per heavy atom. The number of ether oxygens (including phenoxy) is 1. The van der Waals surface area contributed by atoms with Gasteiger partial charge in [-0.3, -0.25) is 4.79 Å². The van der Waals surface area contributed by atoms with Crippen LogP contribution in [0.15, 0.2) is 0 Å². The van der Waals surface area contributed by atoms with E-state index in [4.69, 9.17) is 4.74 Å². The van der Waals surface area contributed by atoms with E-state index < -0.39 is 0 Å². The molecule has 110 valence electrons. The Bertz CT molecular complexity index is 298. The molecule has 5 nitrogen and oxygen atoms in total. The molecule has 3 N–H and O–H groups in total. The highest BCUT2D eigenvalue weighted by Crippen LogP contribution is 2.29. The molecule has 2 rings (SSSR count). The van der Waals surface area contributed by atoms with Crippen LogP contribution in [0.4, 0.5) is 0 Å². The lowest BCUT2D eigenvalue weighted by molar-refractivity contribution is -0.123. The maximum absolute atomic E-state index is 12.1. The van der Waals surface area contributed by atoms with E-state index >= 15 is 0 Å². The number of aliphatic hydroxyl groups is 1. The zero-order chi connectivity index (χ0) is 13.7. The molecule has 1 saturated heterocycles. The molecule has 0 aromatic rings. The summed E-state index contributed by atoms with van der Waals surface area (Å²) in [6.45, 7) is 1.69. The first-order valence-corrected chi connectivity index (χ1v) is 7.39. The van der Waals surface area contributed by atoms with Crippen LogP contribution in [0.3, 0.4) is 0 Å². The van der Waals surface area contributed by atoms with Gasteiger partial charge < -0.3 is 20.5 Å². The number of aliphatic hydroxyl groups excluding tert-OH is 1. The first-order chi connectivity index (χ1) is 9.24. The second-order valence-corrected chi connectivity index (χ2v) is 5.79. The third-order valence-corrected chi connectivity index (χ3v) is 4.58. The summed E-state index contributed by atoms with van der Waals surface area (Å²) in [4.78, 5) is 12.1. The van der Waals surface area contributed by atoms with Crippen LogP contribution in [-0.4, -0.2) is 50.0 Å². The Morgan fingerprint density at radius 3 is 2.74 bits per heavy atom. The monoisotopic (exact) mass is 270 g/mol. The second kappa shape index (κ2) is 7.22. The van der Waals surface area contributed by atoms with Gasteiger partial charge in [0.2, 0.25) is 5.91 Å². The van der Waals surface area contributed by atoms with Crippen molar-refractivity contribution in [1.82, 2.24) is 10.6 Å². The van der Waals surface area contributed by atoms with Gasteiger partial charge in [0.1, 0.15) is 0 Å². The van der Waals surface area contributed by atoms with Crippen molar-refractivity contribution < 1.29 is 14.6 Å². The van der Waals surface area contributed by atoms with Gasteiger partial charge in [-0.05, 0) is 31.1 Å². The van der Waals surface area contributed by atoms with Gasteiger partial charge in [-0.2, -0.15) is 0 Å². The van der Waals surface area contributed by atoms with Crippen molar-refractivity contribution in [3.05, 3.63) is 0 Å². The number of methoxy groups -OCH3 is 1. The van der Waals surface area contributed by atoms with Crippen LogP contribution in [0.25, 0.3) is 0 Å². The van der Waals surface area contributed by atoms with Crippen LogP contribution >= 0.6 is 0 Å². The molecule has 1 heterocycles. The summed E-state index contributed by atoms with van der Waals surface area (Å²) in [5, 5.41) is 15.6. The molecule has 5 heteroatoms. The first-order valence-electron chi connectivity index (χ1n) is 7.39. The SMILES string of the molecule is COC1CNC(C(=O)NCC2CCCCC2CO)C1. The summed E-state index contributed by atoms with van der Waals surface area (Å²) < 4.78 is 5.24. The Hall–Kier alpha value is -0.650. The lowest BCUT2D eigenvalue weighted by atomic mass is 9.79. The first kappa shape index (κ1) is 14.8. The molecule has 1 aliphatic carbocycles. The zero-order valence-electron chi connectivity index (χ0n) is 11.7. The average molecular weight is 270 g/mol. The number of hydrogen-bond acceptors (Lipinski definition) is 4. The number of nitrogens with one attached hydrogen (secondary N) is 2. The maximum atomic E-state index is 12.1. The predicted molar refractivity (Wildman–Crippen MR) is 72.7 cm³/mol. The van der Waals surface area contributed by atoms with Crippen molar-refractivity contribution in [1.29, 1.82) is 0 Å². The molecule has 0 bridgehead atoms. The maximum Gasteiger partial charge on any atom is 0.237 e. The van der Waals surface area contributed by atoms with E-state index in [9.17, 15) is 9.90 Å². The van der Waals surface area contributed by atoms with Crippen LogP contribution in [0.2, 0.25) is 0 Å². The van der Waals surface area contributed by atoms with Crippen LogP contribution in [0.1, 0.15) is 32.1 Å². The topological polar surface area (TPSA) is 70.6 Å². The molecular formula is C14H26N2O3. The Morgan fingerprint density at radius 1 is 1.37 bits per heavy atom. The minimum absolute atomic E-state index is 0.0711. The molecule has 4 atom stereocenters. The normalized spacial score (nSPS) is 35.3. The van der Waals surface area contributed by atoms with Crippen molar-refractivity contribution in [2.24, 2.45) is 11.8 Å². The largest absolute Gasteiger partial charge is 0.396 e. The Labute approximate surface area is 115 Å². The van der Waals surface area contributed by atoms with E-state index in [0.29, 0.717) is 18.4 Å². The van der Waals surface area contributed by atoms with E-state index in [1.165, 1.54) is 12.8 Å². The number of rotatable bonds is 5. The molecule has 0 radical (unpaired) electrons. The highest BCUT2D eigenvalue weighted by atomic mass is 16.5. The Balaban J connectivity index is 1.73. The minimum atomic E-state index is -0.124. The second-order valence-electron chi connectivity index (χ2n) is 5.79. The van der Waals surface area contributed by atoms with Crippen LogP contribution < -0.4 is 10.6 Å². The summed E-state index contributed by atoms with van der Waals surface area (Å²) in [6, 6.07) is -0.124. The van der Waals surface area contributed by atoms with Crippen LogP contribution in [-0.2, 0) is 9.53 Å². The fraction of sp³-hybridized carbons (Fsp3) is 0.929. The van der Waals surface area contributed by atoms with Gasteiger partial charge in [0.05, 0.1) is 12.1 Å². The lowest BCUT2D eigenvalue weighted by Gasteiger charge is -2.30. The molecule has 0 spiro atoms. The standard InChI is InChI=1S/C14H26N2O3/c1-19-12-6-13(15-8-12)14(18)16-7-10-4-2-3-5-11(10)9-17/h10-13,15,17H,2-9H2,1H3,(H,16,18). The summed E-state index contributed by atoms with van der Waals surface area (Å²) in [5.41, 5.74) is 0. The van der Waals surface area contributed by atoms with Gasteiger partial charge in [-0.25, -0.2) is 0 Å².